The number of benzene rings is 1. The minimum Gasteiger partial charge on any atom is -0.451 e. The largest absolute Gasteiger partial charge is 0.451 e. The highest BCUT2D eigenvalue weighted by Gasteiger charge is 2.26. The topological polar surface area (TPSA) is 53.7 Å². The molecule has 0 bridgehead atoms. The summed E-state index contributed by atoms with van der Waals surface area (Å²) in [4.78, 5) is 14.3. The Labute approximate surface area is 129 Å². The van der Waals surface area contributed by atoms with Gasteiger partial charge in [0.1, 0.15) is 5.58 Å². The van der Waals surface area contributed by atoms with Gasteiger partial charge in [-0.25, -0.2) is 0 Å². The zero-order valence-corrected chi connectivity index (χ0v) is 13.4. The number of aliphatic hydroxyl groups excluding tert-OH is 1. The van der Waals surface area contributed by atoms with E-state index in [0.29, 0.717) is 16.4 Å². The first-order valence-electron chi connectivity index (χ1n) is 6.99. The molecule has 0 aliphatic rings. The molecule has 21 heavy (non-hydrogen) atoms. The molecule has 1 amide bonds. The molecule has 2 rings (SSSR count). The number of carbonyl (C=O) groups excluding carboxylic acids is 1. The molecule has 1 heterocycles. The molecule has 1 unspecified atom stereocenters. The smallest absolute Gasteiger partial charge is 0.290 e. The summed E-state index contributed by atoms with van der Waals surface area (Å²) in [7, 11) is 0. The third-order valence-electron chi connectivity index (χ3n) is 3.44. The zero-order chi connectivity index (χ0) is 15.7. The number of halogens is 1. The Kier molecular flexibility index (Phi) is 4.59. The van der Waals surface area contributed by atoms with Crippen LogP contribution in [0, 0.1) is 6.92 Å². The predicted octanol–water partition coefficient (Wildman–Crippen LogP) is 3.63. The molecule has 0 radical (unpaired) electrons. The van der Waals surface area contributed by atoms with Gasteiger partial charge in [-0.3, -0.25) is 4.79 Å². The first-order chi connectivity index (χ1) is 9.81. The normalized spacial score (nSPS) is 12.9. The molecule has 0 saturated heterocycles. The third-order valence-corrected chi connectivity index (χ3v) is 3.67. The van der Waals surface area contributed by atoms with Crippen molar-refractivity contribution in [2.24, 2.45) is 0 Å². The molecule has 114 valence electrons. The van der Waals surface area contributed by atoms with Crippen LogP contribution in [0.5, 0.6) is 0 Å². The van der Waals surface area contributed by atoms with Crippen molar-refractivity contribution in [2.75, 3.05) is 6.54 Å². The molecule has 1 aromatic carbocycles. The van der Waals surface area contributed by atoms with Crippen LogP contribution in [0.15, 0.2) is 22.6 Å². The first-order valence-corrected chi connectivity index (χ1v) is 7.36. The molecule has 2 aromatic rings. The van der Waals surface area contributed by atoms with E-state index < -0.39 is 6.10 Å². The molecule has 0 aliphatic carbocycles. The summed E-state index contributed by atoms with van der Waals surface area (Å²) in [6.07, 6.45) is -0.588. The molecular weight excluding hydrogens is 290 g/mol. The zero-order valence-electron chi connectivity index (χ0n) is 12.7. The maximum atomic E-state index is 12.7. The average Bonchev–Trinajstić information content (AvgIpc) is 2.72. The van der Waals surface area contributed by atoms with Gasteiger partial charge in [0.05, 0.1) is 6.10 Å². The van der Waals surface area contributed by atoms with E-state index in [1.165, 1.54) is 0 Å². The van der Waals surface area contributed by atoms with Crippen LogP contribution in [0.2, 0.25) is 5.02 Å². The monoisotopic (exact) mass is 309 g/mol. The number of amides is 1. The molecule has 1 atom stereocenters. The van der Waals surface area contributed by atoms with Crippen LogP contribution in [0.25, 0.3) is 11.0 Å². The molecule has 1 aromatic heterocycles. The van der Waals surface area contributed by atoms with E-state index in [0.717, 1.165) is 10.9 Å². The van der Waals surface area contributed by atoms with Gasteiger partial charge in [0.15, 0.2) is 5.76 Å². The van der Waals surface area contributed by atoms with Gasteiger partial charge in [-0.1, -0.05) is 11.6 Å². The Hall–Kier alpha value is -1.52. The second-order valence-corrected chi connectivity index (χ2v) is 6.03. The fraction of sp³-hybridized carbons (Fsp3) is 0.438. The Morgan fingerprint density at radius 2 is 2.05 bits per heavy atom. The first kappa shape index (κ1) is 15.9. The lowest BCUT2D eigenvalue weighted by Crippen LogP contribution is -2.41. The number of aryl methyl sites for hydroxylation is 1. The standard InChI is InChI=1S/C16H20ClNO3/c1-9(2)18(8-10(3)19)16(20)15-11(4)13-7-12(17)5-6-14(13)21-15/h5-7,9-10,19H,8H2,1-4H3. The van der Waals surface area contributed by atoms with Crippen LogP contribution in [0.3, 0.4) is 0 Å². The second kappa shape index (κ2) is 6.08. The number of hydrogen-bond acceptors (Lipinski definition) is 3. The van der Waals surface area contributed by atoms with Gasteiger partial charge in [0.25, 0.3) is 5.91 Å². The van der Waals surface area contributed by atoms with Crippen LogP contribution in [0.1, 0.15) is 36.9 Å². The maximum absolute atomic E-state index is 12.7. The van der Waals surface area contributed by atoms with Crippen LogP contribution in [-0.2, 0) is 0 Å². The van der Waals surface area contributed by atoms with Crippen molar-refractivity contribution in [3.63, 3.8) is 0 Å². The highest BCUT2D eigenvalue weighted by molar-refractivity contribution is 6.31. The van der Waals surface area contributed by atoms with E-state index in [4.69, 9.17) is 16.0 Å². The van der Waals surface area contributed by atoms with Gasteiger partial charge < -0.3 is 14.4 Å². The molecule has 1 N–H and O–H groups in total. The van der Waals surface area contributed by atoms with E-state index >= 15 is 0 Å². The van der Waals surface area contributed by atoms with E-state index in [2.05, 4.69) is 0 Å². The van der Waals surface area contributed by atoms with Crippen molar-refractivity contribution < 1.29 is 14.3 Å². The van der Waals surface area contributed by atoms with Crippen LogP contribution >= 0.6 is 11.6 Å². The molecule has 4 nitrogen and oxygen atoms in total. The summed E-state index contributed by atoms with van der Waals surface area (Å²) in [6, 6.07) is 5.26. The van der Waals surface area contributed by atoms with Gasteiger partial charge >= 0.3 is 0 Å². The number of fused-ring (bicyclic) bond motifs is 1. The number of nitrogens with zero attached hydrogens (tertiary/aromatic N) is 1. The summed E-state index contributed by atoms with van der Waals surface area (Å²) >= 11 is 5.99. The van der Waals surface area contributed by atoms with Crippen LogP contribution in [-0.4, -0.2) is 34.6 Å². The van der Waals surface area contributed by atoms with Gasteiger partial charge in [-0.2, -0.15) is 0 Å². The molecule has 0 spiro atoms. The molecule has 5 heteroatoms. The van der Waals surface area contributed by atoms with Gasteiger partial charge in [0, 0.05) is 28.6 Å². The Morgan fingerprint density at radius 1 is 1.38 bits per heavy atom. The van der Waals surface area contributed by atoms with Crippen molar-refractivity contribution in [1.82, 2.24) is 4.90 Å². The van der Waals surface area contributed by atoms with Crippen LogP contribution < -0.4 is 0 Å². The summed E-state index contributed by atoms with van der Waals surface area (Å²) in [5.41, 5.74) is 1.41. The second-order valence-electron chi connectivity index (χ2n) is 5.60. The number of rotatable bonds is 4. The maximum Gasteiger partial charge on any atom is 0.290 e. The van der Waals surface area contributed by atoms with E-state index in [-0.39, 0.29) is 18.5 Å². The Bertz CT molecular complexity index is 661. The van der Waals surface area contributed by atoms with E-state index in [1.54, 1.807) is 30.0 Å². The number of furan rings is 1. The quantitative estimate of drug-likeness (QED) is 0.938. The van der Waals surface area contributed by atoms with Crippen molar-refractivity contribution in [3.05, 3.63) is 34.5 Å². The van der Waals surface area contributed by atoms with Crippen molar-refractivity contribution in [2.45, 2.75) is 39.8 Å². The van der Waals surface area contributed by atoms with E-state index in [1.807, 2.05) is 20.8 Å². The van der Waals surface area contributed by atoms with E-state index in [9.17, 15) is 9.90 Å². The van der Waals surface area contributed by atoms with Gasteiger partial charge in [0.2, 0.25) is 0 Å². The lowest BCUT2D eigenvalue weighted by atomic mass is 10.1. The summed E-state index contributed by atoms with van der Waals surface area (Å²) in [6.45, 7) is 7.60. The minimum atomic E-state index is -0.588. The number of aliphatic hydroxyl groups is 1. The predicted molar refractivity (Wildman–Crippen MR) is 83.8 cm³/mol. The fourth-order valence-corrected chi connectivity index (χ4v) is 2.51. The number of carbonyl (C=O) groups is 1. The third kappa shape index (κ3) is 3.22. The lowest BCUT2D eigenvalue weighted by Gasteiger charge is -2.27. The van der Waals surface area contributed by atoms with Crippen molar-refractivity contribution in [3.8, 4) is 0 Å². The summed E-state index contributed by atoms with van der Waals surface area (Å²) in [5, 5.41) is 11.0. The average molecular weight is 310 g/mol. The fourth-order valence-electron chi connectivity index (χ4n) is 2.34. The molecule has 0 fully saturated rings. The lowest BCUT2D eigenvalue weighted by molar-refractivity contribution is 0.0550. The molecule has 0 aliphatic heterocycles. The van der Waals surface area contributed by atoms with Gasteiger partial charge in [-0.15, -0.1) is 0 Å². The Balaban J connectivity index is 2.44. The number of hydrogen-bond donors (Lipinski definition) is 1. The van der Waals surface area contributed by atoms with Crippen molar-refractivity contribution >= 4 is 28.5 Å². The SMILES string of the molecule is Cc1c(C(=O)N(CC(C)O)C(C)C)oc2ccc(Cl)cc12. The molecular formula is C16H20ClNO3. The minimum absolute atomic E-state index is 0.0247. The highest BCUT2D eigenvalue weighted by Crippen LogP contribution is 2.29. The Morgan fingerprint density at radius 3 is 2.62 bits per heavy atom. The summed E-state index contributed by atoms with van der Waals surface area (Å²) in [5.74, 6) is 0.0948. The highest BCUT2D eigenvalue weighted by atomic mass is 35.5. The van der Waals surface area contributed by atoms with Gasteiger partial charge in [-0.05, 0) is 45.9 Å². The van der Waals surface area contributed by atoms with Crippen LogP contribution in [0.4, 0.5) is 0 Å². The summed E-state index contributed by atoms with van der Waals surface area (Å²) < 4.78 is 5.70. The van der Waals surface area contributed by atoms with Crippen molar-refractivity contribution in [1.29, 1.82) is 0 Å². The molecule has 0 saturated carbocycles.